The number of nitrogens with zero attached hydrogens (tertiary/aromatic N) is 3. The van der Waals surface area contributed by atoms with Gasteiger partial charge in [0.1, 0.15) is 11.4 Å². The summed E-state index contributed by atoms with van der Waals surface area (Å²) in [5, 5.41) is 13.2. The number of aliphatic carboxylic acids is 1. The number of amides is 1. The first-order valence-corrected chi connectivity index (χ1v) is 7.76. The van der Waals surface area contributed by atoms with Crippen molar-refractivity contribution >= 4 is 11.9 Å². The first-order chi connectivity index (χ1) is 11.8. The van der Waals surface area contributed by atoms with Crippen LogP contribution in [0.25, 0.3) is 5.69 Å². The summed E-state index contributed by atoms with van der Waals surface area (Å²) in [6, 6.07) is 7.09. The van der Waals surface area contributed by atoms with Crippen molar-refractivity contribution in [2.75, 3.05) is 20.2 Å². The molecule has 25 heavy (non-hydrogen) atoms. The third kappa shape index (κ3) is 3.07. The average molecular weight is 347 g/mol. The molecule has 0 saturated carbocycles. The number of carbonyl (C=O) groups excluding carboxylic acids is 1. The minimum Gasteiger partial charge on any atom is -0.494 e. The van der Waals surface area contributed by atoms with Gasteiger partial charge in [-0.3, -0.25) is 4.79 Å². The highest BCUT2D eigenvalue weighted by Gasteiger charge is 2.47. The second kappa shape index (κ2) is 6.19. The SMILES string of the molecule is COc1ccc(C)cc1-n1ccc(C(=O)N2CCC(F)(C(=O)O)C2)n1. The Labute approximate surface area is 143 Å². The molecule has 8 heteroatoms. The zero-order valence-electron chi connectivity index (χ0n) is 13.9. The van der Waals surface area contributed by atoms with Crippen LogP contribution in [0, 0.1) is 6.92 Å². The number of benzene rings is 1. The van der Waals surface area contributed by atoms with Crippen LogP contribution in [-0.4, -0.2) is 57.5 Å². The molecule has 0 bridgehead atoms. The number of alkyl halides is 1. The maximum Gasteiger partial charge on any atom is 0.343 e. The number of hydrogen-bond donors (Lipinski definition) is 1. The minimum atomic E-state index is -2.39. The van der Waals surface area contributed by atoms with Crippen molar-refractivity contribution in [2.45, 2.75) is 19.0 Å². The molecule has 1 saturated heterocycles. The van der Waals surface area contributed by atoms with Crippen molar-refractivity contribution < 1.29 is 23.8 Å². The number of likely N-dealkylation sites (tertiary alicyclic amines) is 1. The van der Waals surface area contributed by atoms with E-state index in [9.17, 15) is 14.0 Å². The summed E-state index contributed by atoms with van der Waals surface area (Å²) in [6.45, 7) is 1.50. The van der Waals surface area contributed by atoms with E-state index in [4.69, 9.17) is 9.84 Å². The number of rotatable bonds is 4. The van der Waals surface area contributed by atoms with Crippen molar-refractivity contribution in [2.24, 2.45) is 0 Å². The van der Waals surface area contributed by atoms with Crippen LogP contribution in [0.1, 0.15) is 22.5 Å². The topological polar surface area (TPSA) is 84.7 Å². The van der Waals surface area contributed by atoms with E-state index < -0.39 is 24.1 Å². The van der Waals surface area contributed by atoms with E-state index in [-0.39, 0.29) is 18.7 Å². The number of aryl methyl sites for hydroxylation is 1. The van der Waals surface area contributed by atoms with Gasteiger partial charge in [-0.25, -0.2) is 13.9 Å². The van der Waals surface area contributed by atoms with Crippen LogP contribution in [0.2, 0.25) is 0 Å². The lowest BCUT2D eigenvalue weighted by atomic mass is 10.1. The second-order valence-corrected chi connectivity index (χ2v) is 6.07. The number of halogens is 1. The molecule has 1 amide bonds. The van der Waals surface area contributed by atoms with Crippen LogP contribution in [0.15, 0.2) is 30.5 Å². The van der Waals surface area contributed by atoms with E-state index in [0.717, 1.165) is 5.56 Å². The zero-order chi connectivity index (χ0) is 18.2. The molecule has 0 aliphatic carbocycles. The van der Waals surface area contributed by atoms with Gasteiger partial charge >= 0.3 is 5.97 Å². The smallest absolute Gasteiger partial charge is 0.343 e. The van der Waals surface area contributed by atoms with Gasteiger partial charge in [-0.05, 0) is 30.7 Å². The summed E-state index contributed by atoms with van der Waals surface area (Å²) < 4.78 is 21.0. The fraction of sp³-hybridized carbons (Fsp3) is 0.353. The molecule has 1 aliphatic heterocycles. The molecule has 1 unspecified atom stereocenters. The zero-order valence-corrected chi connectivity index (χ0v) is 13.9. The van der Waals surface area contributed by atoms with Crippen LogP contribution in [0.3, 0.4) is 0 Å². The van der Waals surface area contributed by atoms with E-state index in [2.05, 4.69) is 5.10 Å². The van der Waals surface area contributed by atoms with Gasteiger partial charge in [0.2, 0.25) is 5.67 Å². The molecular weight excluding hydrogens is 329 g/mol. The maximum absolute atomic E-state index is 14.1. The molecule has 1 aromatic heterocycles. The molecular formula is C17H18FN3O4. The summed E-state index contributed by atoms with van der Waals surface area (Å²) in [5.41, 5.74) is -0.591. The molecule has 2 heterocycles. The fourth-order valence-corrected chi connectivity index (χ4v) is 2.83. The molecule has 1 N–H and O–H groups in total. The van der Waals surface area contributed by atoms with E-state index in [1.54, 1.807) is 19.4 Å². The van der Waals surface area contributed by atoms with Crippen molar-refractivity contribution in [1.29, 1.82) is 0 Å². The highest BCUT2D eigenvalue weighted by Crippen LogP contribution is 2.27. The van der Waals surface area contributed by atoms with Crippen LogP contribution >= 0.6 is 0 Å². The van der Waals surface area contributed by atoms with E-state index in [1.807, 2.05) is 19.1 Å². The Balaban J connectivity index is 1.84. The van der Waals surface area contributed by atoms with Gasteiger partial charge in [-0.15, -0.1) is 0 Å². The van der Waals surface area contributed by atoms with Crippen LogP contribution in [-0.2, 0) is 4.79 Å². The van der Waals surface area contributed by atoms with Crippen LogP contribution in [0.4, 0.5) is 4.39 Å². The quantitative estimate of drug-likeness (QED) is 0.912. The normalized spacial score (nSPS) is 19.9. The third-order valence-electron chi connectivity index (χ3n) is 4.28. The summed E-state index contributed by atoms with van der Waals surface area (Å²) >= 11 is 0. The van der Waals surface area contributed by atoms with E-state index in [1.165, 1.54) is 15.6 Å². The Bertz CT molecular complexity index is 835. The second-order valence-electron chi connectivity index (χ2n) is 6.07. The number of ether oxygens (including phenoxy) is 1. The lowest BCUT2D eigenvalue weighted by Gasteiger charge is -2.16. The molecule has 1 aromatic carbocycles. The summed E-state index contributed by atoms with van der Waals surface area (Å²) in [7, 11) is 1.54. The van der Waals surface area contributed by atoms with E-state index >= 15 is 0 Å². The minimum absolute atomic E-state index is 0.0439. The Kier molecular flexibility index (Phi) is 4.20. The van der Waals surface area contributed by atoms with Crippen molar-refractivity contribution in [3.8, 4) is 11.4 Å². The first-order valence-electron chi connectivity index (χ1n) is 7.76. The Morgan fingerprint density at radius 1 is 1.36 bits per heavy atom. The van der Waals surface area contributed by atoms with Crippen molar-refractivity contribution in [3.63, 3.8) is 0 Å². The van der Waals surface area contributed by atoms with Gasteiger partial charge < -0.3 is 14.7 Å². The van der Waals surface area contributed by atoms with Gasteiger partial charge in [0.15, 0.2) is 5.69 Å². The highest BCUT2D eigenvalue weighted by atomic mass is 19.1. The molecule has 0 radical (unpaired) electrons. The number of carboxylic acids is 1. The standard InChI is InChI=1S/C17H18FN3O4/c1-11-3-4-14(25-2)13(9-11)21-7-5-12(19-21)15(22)20-8-6-17(18,10-20)16(23)24/h3-5,7,9H,6,8,10H2,1-2H3,(H,23,24). The molecule has 1 atom stereocenters. The van der Waals surface area contributed by atoms with Crippen LogP contribution in [0.5, 0.6) is 5.75 Å². The average Bonchev–Trinajstić information content (AvgIpc) is 3.22. The molecule has 0 spiro atoms. The Hall–Kier alpha value is -2.90. The van der Waals surface area contributed by atoms with Gasteiger partial charge in [0.25, 0.3) is 5.91 Å². The van der Waals surface area contributed by atoms with Crippen molar-refractivity contribution in [3.05, 3.63) is 41.7 Å². The molecule has 7 nitrogen and oxygen atoms in total. The van der Waals surface area contributed by atoms with Gasteiger partial charge in [0.05, 0.1) is 13.7 Å². The number of carboxylic acid groups (broad SMARTS) is 1. The lowest BCUT2D eigenvalue weighted by molar-refractivity contribution is -0.149. The largest absolute Gasteiger partial charge is 0.494 e. The third-order valence-corrected chi connectivity index (χ3v) is 4.28. The number of aromatic nitrogens is 2. The van der Waals surface area contributed by atoms with Crippen molar-refractivity contribution in [1.82, 2.24) is 14.7 Å². The number of hydrogen-bond acceptors (Lipinski definition) is 4. The Morgan fingerprint density at radius 2 is 2.12 bits per heavy atom. The monoisotopic (exact) mass is 347 g/mol. The number of carbonyl (C=O) groups is 2. The predicted molar refractivity (Wildman–Crippen MR) is 86.8 cm³/mol. The summed E-state index contributed by atoms with van der Waals surface area (Å²) in [5.74, 6) is -1.44. The van der Waals surface area contributed by atoms with Gasteiger partial charge in [-0.2, -0.15) is 5.10 Å². The van der Waals surface area contributed by atoms with Crippen LogP contribution < -0.4 is 4.74 Å². The van der Waals surface area contributed by atoms with E-state index in [0.29, 0.717) is 11.4 Å². The molecule has 132 valence electrons. The Morgan fingerprint density at radius 3 is 2.76 bits per heavy atom. The summed E-state index contributed by atoms with van der Waals surface area (Å²) in [6.07, 6.45) is 1.39. The first kappa shape index (κ1) is 16.9. The molecule has 3 rings (SSSR count). The summed E-state index contributed by atoms with van der Waals surface area (Å²) in [4.78, 5) is 24.6. The highest BCUT2D eigenvalue weighted by molar-refractivity contribution is 5.93. The lowest BCUT2D eigenvalue weighted by Crippen LogP contribution is -2.39. The molecule has 1 fully saturated rings. The fourth-order valence-electron chi connectivity index (χ4n) is 2.83. The molecule has 1 aliphatic rings. The predicted octanol–water partition coefficient (Wildman–Crippen LogP) is 1.83. The number of methoxy groups -OCH3 is 1. The van der Waals surface area contributed by atoms with Gasteiger partial charge in [-0.1, -0.05) is 6.07 Å². The maximum atomic E-state index is 14.1. The van der Waals surface area contributed by atoms with Gasteiger partial charge in [0, 0.05) is 19.2 Å². The molecule has 2 aromatic rings.